The van der Waals surface area contributed by atoms with Crippen LogP contribution in [0.1, 0.15) is 48.0 Å². The minimum atomic E-state index is -0.534. The number of ether oxygens (including phenoxy) is 2. The van der Waals surface area contributed by atoms with Gasteiger partial charge in [-0.05, 0) is 27.2 Å². The van der Waals surface area contributed by atoms with Gasteiger partial charge in [-0.2, -0.15) is 0 Å². The van der Waals surface area contributed by atoms with E-state index in [-0.39, 0.29) is 31.9 Å². The average molecular weight is 358 g/mol. The molecule has 0 atom stereocenters. The van der Waals surface area contributed by atoms with Gasteiger partial charge in [0.15, 0.2) is 0 Å². The number of amides is 1. The Bertz CT molecular complexity index is 201. The van der Waals surface area contributed by atoms with Gasteiger partial charge in [-0.1, -0.05) is 20.8 Å². The van der Waals surface area contributed by atoms with E-state index >= 15 is 0 Å². The van der Waals surface area contributed by atoms with E-state index in [1.54, 1.807) is 0 Å². The van der Waals surface area contributed by atoms with Crippen molar-refractivity contribution in [3.63, 3.8) is 0 Å². The van der Waals surface area contributed by atoms with E-state index in [4.69, 9.17) is 14.6 Å². The largest absolute Gasteiger partial charge is 2.00 e. The number of aliphatic hydroxyl groups is 1. The summed E-state index contributed by atoms with van der Waals surface area (Å²) in [6.45, 7) is 13.9. The summed E-state index contributed by atoms with van der Waals surface area (Å²) in [4.78, 5) is 11.5. The van der Waals surface area contributed by atoms with E-state index in [1.807, 2.05) is 41.5 Å². The van der Waals surface area contributed by atoms with Gasteiger partial charge in [-0.3, -0.25) is 4.79 Å². The standard InChI is InChI=1S/C10H20NO3.C3H8O.C2H6.CH3.V/c1-5-14-7-6-11-9(12)10(2,3)8-13-4;1-2-3-4;1-2;;/h4-8H2,1-3H3,(H,11,12);4H,2-3H2,1H3;1-2H3;1H3;/q-1;;;-1;+2. The molecule has 1 amide bonds. The molecule has 0 bridgehead atoms. The van der Waals surface area contributed by atoms with Crippen LogP contribution < -0.4 is 5.32 Å². The zero-order valence-electron chi connectivity index (χ0n) is 15.6. The molecule has 0 saturated heterocycles. The van der Waals surface area contributed by atoms with Gasteiger partial charge in [0.1, 0.15) is 0 Å². The predicted octanol–water partition coefficient (Wildman–Crippen LogP) is 2.84. The Balaban J connectivity index is -0.000000104. The van der Waals surface area contributed by atoms with E-state index in [1.165, 1.54) is 0 Å². The van der Waals surface area contributed by atoms with Gasteiger partial charge in [-0.25, -0.2) is 7.11 Å². The van der Waals surface area contributed by atoms with Crippen LogP contribution in [0, 0.1) is 20.0 Å². The molecular formula is C16H37NO4V. The van der Waals surface area contributed by atoms with Crippen molar-refractivity contribution in [3.05, 3.63) is 14.5 Å². The molecule has 6 heteroatoms. The fourth-order valence-corrected chi connectivity index (χ4v) is 0.941. The molecule has 0 aromatic carbocycles. The van der Waals surface area contributed by atoms with E-state index in [2.05, 4.69) is 12.4 Å². The summed E-state index contributed by atoms with van der Waals surface area (Å²) in [5.74, 6) is -0.0409. The first-order valence-electron chi connectivity index (χ1n) is 7.30. The molecule has 1 radical (unpaired) electrons. The fourth-order valence-electron chi connectivity index (χ4n) is 0.941. The van der Waals surface area contributed by atoms with Gasteiger partial charge in [0.05, 0.1) is 12.0 Å². The van der Waals surface area contributed by atoms with Crippen LogP contribution >= 0.6 is 0 Å². The molecule has 22 heavy (non-hydrogen) atoms. The van der Waals surface area contributed by atoms with E-state index in [9.17, 15) is 4.79 Å². The Labute approximate surface area is 150 Å². The Morgan fingerprint density at radius 2 is 1.73 bits per heavy atom. The van der Waals surface area contributed by atoms with Crippen LogP contribution in [0.3, 0.4) is 0 Å². The summed E-state index contributed by atoms with van der Waals surface area (Å²) >= 11 is 0. The predicted molar refractivity (Wildman–Crippen MR) is 89.7 cm³/mol. The number of aliphatic hydroxyl groups excluding tert-OH is 1. The molecule has 0 aliphatic carbocycles. The third-order valence-electron chi connectivity index (χ3n) is 2.04. The van der Waals surface area contributed by atoms with Crippen LogP contribution in [-0.4, -0.2) is 44.0 Å². The van der Waals surface area contributed by atoms with E-state index < -0.39 is 5.41 Å². The van der Waals surface area contributed by atoms with Crippen molar-refractivity contribution in [3.8, 4) is 0 Å². The van der Waals surface area contributed by atoms with Gasteiger partial charge in [0.25, 0.3) is 0 Å². The van der Waals surface area contributed by atoms with Crippen molar-refractivity contribution < 1.29 is 37.9 Å². The smallest absolute Gasteiger partial charge is 0.554 e. The van der Waals surface area contributed by atoms with Crippen molar-refractivity contribution in [2.24, 2.45) is 5.41 Å². The molecule has 0 unspecified atom stereocenters. The first-order chi connectivity index (χ1) is 9.46. The number of rotatable bonds is 8. The van der Waals surface area contributed by atoms with Crippen LogP contribution in [0.5, 0.6) is 0 Å². The Kier molecular flexibility index (Phi) is 39.4. The summed E-state index contributed by atoms with van der Waals surface area (Å²) in [6.07, 6.45) is 0.875. The van der Waals surface area contributed by atoms with Crippen LogP contribution in [0.4, 0.5) is 0 Å². The third-order valence-corrected chi connectivity index (χ3v) is 2.04. The normalized spacial score (nSPS) is 8.91. The molecule has 0 rings (SSSR count). The van der Waals surface area contributed by atoms with Crippen molar-refractivity contribution in [2.45, 2.75) is 48.0 Å². The van der Waals surface area contributed by atoms with E-state index in [0.29, 0.717) is 33.0 Å². The average Bonchev–Trinajstić information content (AvgIpc) is 2.45. The molecule has 0 aliphatic rings. The van der Waals surface area contributed by atoms with Gasteiger partial charge < -0.3 is 27.3 Å². The van der Waals surface area contributed by atoms with Crippen LogP contribution in [0.15, 0.2) is 0 Å². The molecule has 0 spiro atoms. The Morgan fingerprint density at radius 3 is 2.05 bits per heavy atom. The van der Waals surface area contributed by atoms with E-state index in [0.717, 1.165) is 6.42 Å². The van der Waals surface area contributed by atoms with Gasteiger partial charge in [0, 0.05) is 26.4 Å². The van der Waals surface area contributed by atoms with Crippen LogP contribution in [0.2, 0.25) is 0 Å². The molecular weight excluding hydrogens is 321 g/mol. The third kappa shape index (κ3) is 24.9. The minimum absolute atomic E-state index is 0. The number of hydrogen-bond donors (Lipinski definition) is 2. The second-order valence-electron chi connectivity index (χ2n) is 4.41. The molecule has 0 aromatic rings. The maximum Gasteiger partial charge on any atom is 2.00 e. The first-order valence-corrected chi connectivity index (χ1v) is 7.30. The zero-order valence-corrected chi connectivity index (χ0v) is 17.0. The Hall–Kier alpha value is -0.0656. The molecule has 0 aromatic heterocycles. The van der Waals surface area contributed by atoms with Gasteiger partial charge in [0.2, 0.25) is 5.91 Å². The van der Waals surface area contributed by atoms with Crippen molar-refractivity contribution in [1.82, 2.24) is 5.32 Å². The van der Waals surface area contributed by atoms with Crippen molar-refractivity contribution >= 4 is 5.91 Å². The van der Waals surface area contributed by atoms with Gasteiger partial charge in [-0.15, -0.1) is 0 Å². The fraction of sp³-hybridized carbons (Fsp3) is 0.812. The number of hydrogen-bond acceptors (Lipinski definition) is 4. The second-order valence-corrected chi connectivity index (χ2v) is 4.41. The van der Waals surface area contributed by atoms with Gasteiger partial charge >= 0.3 is 18.6 Å². The Morgan fingerprint density at radius 1 is 1.27 bits per heavy atom. The monoisotopic (exact) mass is 358 g/mol. The van der Waals surface area contributed by atoms with Crippen LogP contribution in [0.25, 0.3) is 0 Å². The number of nitrogens with one attached hydrogen (secondary N) is 1. The SMILES string of the molecule is CC.CCCO.[CH2-]OCC(C)(C)C(=O)NCCOCC.[CH3-].[V+2]. The maximum absolute atomic E-state index is 11.5. The summed E-state index contributed by atoms with van der Waals surface area (Å²) in [5, 5.41) is 10.6. The molecule has 0 aliphatic heterocycles. The molecule has 0 fully saturated rings. The van der Waals surface area contributed by atoms with Crippen LogP contribution in [-0.2, 0) is 32.8 Å². The molecule has 0 saturated carbocycles. The molecule has 0 heterocycles. The first kappa shape index (κ1) is 33.5. The topological polar surface area (TPSA) is 67.8 Å². The summed E-state index contributed by atoms with van der Waals surface area (Å²) in [7, 11) is 3.26. The maximum atomic E-state index is 11.5. The number of carbonyl (C=O) groups is 1. The summed E-state index contributed by atoms with van der Waals surface area (Å²) in [6, 6.07) is 0. The zero-order chi connectivity index (χ0) is 16.4. The van der Waals surface area contributed by atoms with Crippen molar-refractivity contribution in [1.29, 1.82) is 0 Å². The summed E-state index contributed by atoms with van der Waals surface area (Å²) in [5.41, 5.74) is -0.534. The van der Waals surface area contributed by atoms with Crippen molar-refractivity contribution in [2.75, 3.05) is 33.0 Å². The molecule has 135 valence electrons. The molecule has 2 N–H and O–H groups in total. The molecule has 5 nitrogen and oxygen atoms in total. The second kappa shape index (κ2) is 25.9. The quantitative estimate of drug-likeness (QED) is 0.517. The summed E-state index contributed by atoms with van der Waals surface area (Å²) < 4.78 is 9.81. The minimum Gasteiger partial charge on any atom is -0.554 e. The number of carbonyl (C=O) groups excluding carboxylic acids is 1.